The maximum atomic E-state index is 14.3. The third-order valence-corrected chi connectivity index (χ3v) is 7.73. The number of hydrogen-bond acceptors (Lipinski definition) is 6. The number of ether oxygens (including phenoxy) is 1. The maximum Gasteiger partial charge on any atom is 0.275 e. The number of nitrogens with zero attached hydrogens (tertiary/aromatic N) is 3. The van der Waals surface area contributed by atoms with Crippen molar-refractivity contribution in [2.75, 3.05) is 39.3 Å². The predicted molar refractivity (Wildman–Crippen MR) is 140 cm³/mol. The molecule has 9 nitrogen and oxygen atoms in total. The molecule has 11 heteroatoms. The molecule has 2 aliphatic rings. The van der Waals surface area contributed by atoms with Crippen molar-refractivity contribution in [2.45, 2.75) is 25.7 Å². The summed E-state index contributed by atoms with van der Waals surface area (Å²) in [6.45, 7) is 2.01. The minimum absolute atomic E-state index is 0.204. The standard InChI is InChI=1S/C29H30F2N4O5/c30-22-7-3-6-21(25(22)31)27(37)35-14-10-29(11-15-35)9-13-34(28(38)23-17-39-19-33-23)12-4-16-40-24-8-2-1-5-20(24)26(36)32-18-29/h1-3,5-8,17,19H,4,9-16,18H2,(H,32,36). The molecule has 1 N–H and O–H groups in total. The van der Waals surface area contributed by atoms with Crippen molar-refractivity contribution in [3.05, 3.63) is 83.6 Å². The Morgan fingerprint density at radius 1 is 0.925 bits per heavy atom. The molecule has 3 amide bonds. The van der Waals surface area contributed by atoms with Gasteiger partial charge in [-0.2, -0.15) is 0 Å². The van der Waals surface area contributed by atoms with E-state index in [2.05, 4.69) is 10.3 Å². The second kappa shape index (κ2) is 11.8. The first-order chi connectivity index (χ1) is 19.4. The number of halogens is 2. The second-order valence-electron chi connectivity index (χ2n) is 10.2. The van der Waals surface area contributed by atoms with Crippen molar-refractivity contribution < 1.29 is 32.3 Å². The van der Waals surface area contributed by atoms with E-state index in [1.165, 1.54) is 29.7 Å². The number of rotatable bonds is 2. The molecule has 3 aromatic rings. The molecule has 1 fully saturated rings. The molecule has 2 aromatic carbocycles. The van der Waals surface area contributed by atoms with E-state index in [-0.39, 0.29) is 23.1 Å². The van der Waals surface area contributed by atoms with Gasteiger partial charge in [-0.15, -0.1) is 0 Å². The smallest absolute Gasteiger partial charge is 0.275 e. The quantitative estimate of drug-likeness (QED) is 0.517. The van der Waals surface area contributed by atoms with Gasteiger partial charge in [0, 0.05) is 32.7 Å². The molecule has 0 aliphatic carbocycles. The van der Waals surface area contributed by atoms with Crippen molar-refractivity contribution in [1.82, 2.24) is 20.1 Å². The van der Waals surface area contributed by atoms with E-state index in [4.69, 9.17) is 9.15 Å². The van der Waals surface area contributed by atoms with Gasteiger partial charge in [0.2, 0.25) is 0 Å². The lowest BCUT2D eigenvalue weighted by atomic mass is 9.75. The van der Waals surface area contributed by atoms with Crippen molar-refractivity contribution in [3.8, 4) is 5.75 Å². The number of amides is 3. The van der Waals surface area contributed by atoms with Gasteiger partial charge in [0.05, 0.1) is 17.7 Å². The highest BCUT2D eigenvalue weighted by molar-refractivity contribution is 5.97. The topological polar surface area (TPSA) is 105 Å². The first-order valence-electron chi connectivity index (χ1n) is 13.3. The average molecular weight is 553 g/mol. The molecule has 0 bridgehead atoms. The van der Waals surface area contributed by atoms with Crippen LogP contribution in [0, 0.1) is 17.0 Å². The molecule has 210 valence electrons. The summed E-state index contributed by atoms with van der Waals surface area (Å²) in [5, 5.41) is 3.04. The largest absolute Gasteiger partial charge is 0.493 e. The van der Waals surface area contributed by atoms with Crippen LogP contribution in [-0.4, -0.2) is 71.8 Å². The molecule has 1 aromatic heterocycles. The van der Waals surface area contributed by atoms with Crippen LogP contribution >= 0.6 is 0 Å². The van der Waals surface area contributed by atoms with E-state index >= 15 is 0 Å². The summed E-state index contributed by atoms with van der Waals surface area (Å²) in [4.78, 5) is 46.6. The number of piperidine rings is 1. The Balaban J connectivity index is 1.37. The highest BCUT2D eigenvalue weighted by Gasteiger charge is 2.38. The van der Waals surface area contributed by atoms with Crippen molar-refractivity contribution in [2.24, 2.45) is 5.41 Å². The fourth-order valence-corrected chi connectivity index (χ4v) is 5.29. The van der Waals surface area contributed by atoms with Gasteiger partial charge in [0.15, 0.2) is 23.7 Å². The summed E-state index contributed by atoms with van der Waals surface area (Å²) in [7, 11) is 0. The van der Waals surface area contributed by atoms with Crippen LogP contribution in [-0.2, 0) is 0 Å². The highest BCUT2D eigenvalue weighted by atomic mass is 19.2. The summed E-state index contributed by atoms with van der Waals surface area (Å²) in [5.74, 6) is -2.89. The van der Waals surface area contributed by atoms with Gasteiger partial charge in [-0.3, -0.25) is 14.4 Å². The molecule has 1 spiro atoms. The molecule has 0 saturated carbocycles. The molecular weight excluding hydrogens is 522 g/mol. The van der Waals surface area contributed by atoms with Gasteiger partial charge in [-0.05, 0) is 55.4 Å². The molecule has 40 heavy (non-hydrogen) atoms. The number of hydrogen-bond donors (Lipinski definition) is 1. The number of aromatic nitrogens is 1. The minimum Gasteiger partial charge on any atom is -0.493 e. The van der Waals surface area contributed by atoms with Gasteiger partial charge >= 0.3 is 0 Å². The number of likely N-dealkylation sites (tertiary alicyclic amines) is 1. The number of benzene rings is 2. The van der Waals surface area contributed by atoms with Crippen LogP contribution in [0.3, 0.4) is 0 Å². The molecule has 5 rings (SSSR count). The number of nitrogens with one attached hydrogen (secondary N) is 1. The van der Waals surface area contributed by atoms with Crippen molar-refractivity contribution >= 4 is 17.7 Å². The number of oxazole rings is 1. The van der Waals surface area contributed by atoms with E-state index in [1.54, 1.807) is 29.2 Å². The van der Waals surface area contributed by atoms with Crippen LogP contribution in [0.2, 0.25) is 0 Å². The Labute approximate surface area is 230 Å². The number of fused-ring (bicyclic) bond motifs is 1. The van der Waals surface area contributed by atoms with E-state index in [9.17, 15) is 23.2 Å². The predicted octanol–water partition coefficient (Wildman–Crippen LogP) is 3.92. The van der Waals surface area contributed by atoms with Gasteiger partial charge < -0.3 is 24.3 Å². The number of carbonyl (C=O) groups is 3. The molecule has 1 saturated heterocycles. The highest BCUT2D eigenvalue weighted by Crippen LogP contribution is 2.36. The third kappa shape index (κ3) is 5.83. The first kappa shape index (κ1) is 27.3. The third-order valence-electron chi connectivity index (χ3n) is 7.73. The van der Waals surface area contributed by atoms with Crippen molar-refractivity contribution in [3.63, 3.8) is 0 Å². The molecule has 0 atom stereocenters. The van der Waals surface area contributed by atoms with Crippen molar-refractivity contribution in [1.29, 1.82) is 0 Å². The van der Waals surface area contributed by atoms with E-state index in [0.717, 1.165) is 6.07 Å². The zero-order chi connectivity index (χ0) is 28.1. The van der Waals surface area contributed by atoms with Crippen LogP contribution in [0.25, 0.3) is 0 Å². The molecule has 3 heterocycles. The van der Waals surface area contributed by atoms with Gasteiger partial charge in [0.1, 0.15) is 12.0 Å². The summed E-state index contributed by atoms with van der Waals surface area (Å²) in [6, 6.07) is 10.6. The molecular formula is C29H30F2N4O5. The second-order valence-corrected chi connectivity index (χ2v) is 10.2. The lowest BCUT2D eigenvalue weighted by Gasteiger charge is -2.43. The Bertz CT molecular complexity index is 1370. The van der Waals surface area contributed by atoms with Crippen LogP contribution in [0.1, 0.15) is 56.9 Å². The van der Waals surface area contributed by atoms with E-state index in [0.29, 0.717) is 76.3 Å². The lowest BCUT2D eigenvalue weighted by molar-refractivity contribution is 0.0488. The average Bonchev–Trinajstić information content (AvgIpc) is 3.52. The number of carbonyl (C=O) groups excluding carboxylic acids is 3. The van der Waals surface area contributed by atoms with Crippen LogP contribution in [0.4, 0.5) is 8.78 Å². The zero-order valence-corrected chi connectivity index (χ0v) is 21.9. The fourth-order valence-electron chi connectivity index (χ4n) is 5.29. The molecule has 0 radical (unpaired) electrons. The zero-order valence-electron chi connectivity index (χ0n) is 21.9. The maximum absolute atomic E-state index is 14.3. The molecule has 0 unspecified atom stereocenters. The summed E-state index contributed by atoms with van der Waals surface area (Å²) in [6.07, 6.45) is 4.60. The Hall–Kier alpha value is -4.28. The monoisotopic (exact) mass is 552 g/mol. The lowest BCUT2D eigenvalue weighted by Crippen LogP contribution is -2.49. The molecule has 2 aliphatic heterocycles. The Morgan fingerprint density at radius 2 is 1.65 bits per heavy atom. The number of para-hydroxylation sites is 1. The fraction of sp³-hybridized carbons (Fsp3) is 0.379. The van der Waals surface area contributed by atoms with Crippen LogP contribution in [0.15, 0.2) is 59.5 Å². The Kier molecular flexibility index (Phi) is 8.09. The summed E-state index contributed by atoms with van der Waals surface area (Å²) >= 11 is 0. The van der Waals surface area contributed by atoms with E-state index < -0.39 is 23.0 Å². The van der Waals surface area contributed by atoms with Gasteiger partial charge in [0.25, 0.3) is 17.7 Å². The Morgan fingerprint density at radius 3 is 2.38 bits per heavy atom. The van der Waals surface area contributed by atoms with Gasteiger partial charge in [-0.25, -0.2) is 13.8 Å². The SMILES string of the molecule is O=C1NCC2(CCN(C(=O)c3cocn3)CCCOc3ccccc31)CCN(C(=O)c1cccc(F)c1F)CC2. The van der Waals surface area contributed by atoms with E-state index in [1.807, 2.05) is 0 Å². The first-order valence-corrected chi connectivity index (χ1v) is 13.3. The minimum atomic E-state index is -1.16. The van der Waals surface area contributed by atoms with Crippen LogP contribution < -0.4 is 10.1 Å². The van der Waals surface area contributed by atoms with Gasteiger partial charge in [-0.1, -0.05) is 18.2 Å². The summed E-state index contributed by atoms with van der Waals surface area (Å²) in [5.41, 5.74) is -0.128. The summed E-state index contributed by atoms with van der Waals surface area (Å²) < 4.78 is 39.0. The van der Waals surface area contributed by atoms with Crippen LogP contribution in [0.5, 0.6) is 5.75 Å². The normalized spacial score (nSPS) is 18.0.